The first-order chi connectivity index (χ1) is 12.2. The molecule has 4 rings (SSSR count). The summed E-state index contributed by atoms with van der Waals surface area (Å²) in [5.74, 6) is 1.12. The lowest BCUT2D eigenvalue weighted by Crippen LogP contribution is -2.50. The minimum atomic E-state index is -0.0890. The normalized spacial score (nSPS) is 18.8. The van der Waals surface area contributed by atoms with E-state index in [1.807, 2.05) is 47.4 Å². The lowest BCUT2D eigenvalue weighted by Gasteiger charge is -2.44. The molecule has 25 heavy (non-hydrogen) atoms. The number of amides is 1. The van der Waals surface area contributed by atoms with E-state index in [-0.39, 0.29) is 11.5 Å². The van der Waals surface area contributed by atoms with Crippen LogP contribution in [0.1, 0.15) is 30.4 Å². The fourth-order valence-corrected chi connectivity index (χ4v) is 3.78. The predicted octanol–water partition coefficient (Wildman–Crippen LogP) is 4.09. The summed E-state index contributed by atoms with van der Waals surface area (Å²) < 4.78 is 6.36. The maximum atomic E-state index is 12.4. The zero-order chi connectivity index (χ0) is 17.1. The minimum Gasteiger partial charge on any atom is -0.487 e. The quantitative estimate of drug-likeness (QED) is 0.775. The number of carbonyl (C=O) groups is 1. The van der Waals surface area contributed by atoms with Crippen molar-refractivity contribution in [3.05, 3.63) is 71.8 Å². The summed E-state index contributed by atoms with van der Waals surface area (Å²) in [5, 5.41) is 0. The van der Waals surface area contributed by atoms with Crippen LogP contribution < -0.4 is 4.74 Å². The van der Waals surface area contributed by atoms with Crippen LogP contribution in [0.15, 0.2) is 60.7 Å². The highest BCUT2D eigenvalue weighted by molar-refractivity contribution is 5.91. The van der Waals surface area contributed by atoms with E-state index in [0.29, 0.717) is 0 Å². The van der Waals surface area contributed by atoms with E-state index in [0.717, 1.165) is 50.1 Å². The van der Waals surface area contributed by atoms with Crippen molar-refractivity contribution in [2.75, 3.05) is 13.1 Å². The molecule has 128 valence electrons. The number of rotatable bonds is 2. The van der Waals surface area contributed by atoms with Crippen LogP contribution in [0.5, 0.6) is 5.75 Å². The summed E-state index contributed by atoms with van der Waals surface area (Å²) in [7, 11) is 0. The molecule has 0 aromatic heterocycles. The second-order valence-corrected chi connectivity index (χ2v) is 6.96. The first-order valence-corrected chi connectivity index (χ1v) is 9.03. The molecule has 0 radical (unpaired) electrons. The van der Waals surface area contributed by atoms with Gasteiger partial charge in [-0.3, -0.25) is 4.79 Å². The number of likely N-dealkylation sites (tertiary alicyclic amines) is 1. The van der Waals surface area contributed by atoms with Crippen molar-refractivity contribution < 1.29 is 9.53 Å². The van der Waals surface area contributed by atoms with Crippen molar-refractivity contribution in [2.24, 2.45) is 0 Å². The Morgan fingerprint density at radius 2 is 1.68 bits per heavy atom. The van der Waals surface area contributed by atoms with Crippen molar-refractivity contribution in [3.63, 3.8) is 0 Å². The van der Waals surface area contributed by atoms with Crippen LogP contribution in [0.2, 0.25) is 0 Å². The number of nitrogens with zero attached hydrogens (tertiary/aromatic N) is 1. The first-order valence-electron chi connectivity index (χ1n) is 9.03. The summed E-state index contributed by atoms with van der Waals surface area (Å²) in [6, 6.07) is 18.3. The SMILES string of the molecule is O=C(C=Cc1ccccc1)N1CCC2(CCc3ccccc3O2)CC1. The van der Waals surface area contributed by atoms with Gasteiger partial charge in [-0.1, -0.05) is 48.5 Å². The van der Waals surface area contributed by atoms with E-state index < -0.39 is 0 Å². The van der Waals surface area contributed by atoms with Gasteiger partial charge in [-0.2, -0.15) is 0 Å². The Morgan fingerprint density at radius 3 is 2.48 bits per heavy atom. The van der Waals surface area contributed by atoms with Crippen LogP contribution in [0.4, 0.5) is 0 Å². The van der Waals surface area contributed by atoms with Crippen molar-refractivity contribution in [1.29, 1.82) is 0 Å². The highest BCUT2D eigenvalue weighted by Gasteiger charge is 2.39. The summed E-state index contributed by atoms with van der Waals surface area (Å²) in [5.41, 5.74) is 2.27. The number of fused-ring (bicyclic) bond motifs is 1. The summed E-state index contributed by atoms with van der Waals surface area (Å²) >= 11 is 0. The van der Waals surface area contributed by atoms with Crippen molar-refractivity contribution >= 4 is 12.0 Å². The predicted molar refractivity (Wildman–Crippen MR) is 99.4 cm³/mol. The van der Waals surface area contributed by atoms with Gasteiger partial charge < -0.3 is 9.64 Å². The summed E-state index contributed by atoms with van der Waals surface area (Å²) in [4.78, 5) is 14.4. The van der Waals surface area contributed by atoms with Gasteiger partial charge in [-0.05, 0) is 36.1 Å². The fourth-order valence-electron chi connectivity index (χ4n) is 3.78. The molecule has 2 aromatic rings. The van der Waals surface area contributed by atoms with Gasteiger partial charge in [0.2, 0.25) is 5.91 Å². The lowest BCUT2D eigenvalue weighted by atomic mass is 9.83. The third-order valence-electron chi connectivity index (χ3n) is 5.35. The van der Waals surface area contributed by atoms with Gasteiger partial charge in [0.25, 0.3) is 0 Å². The molecular weight excluding hydrogens is 310 g/mol. The molecule has 3 nitrogen and oxygen atoms in total. The van der Waals surface area contributed by atoms with Crippen LogP contribution in [0.3, 0.4) is 0 Å². The molecule has 2 aliphatic heterocycles. The van der Waals surface area contributed by atoms with Crippen LogP contribution in [0, 0.1) is 0 Å². The molecule has 0 N–H and O–H groups in total. The Balaban J connectivity index is 1.37. The van der Waals surface area contributed by atoms with E-state index in [1.165, 1.54) is 5.56 Å². The molecule has 2 aliphatic rings. The van der Waals surface area contributed by atoms with Crippen molar-refractivity contribution in [2.45, 2.75) is 31.3 Å². The van der Waals surface area contributed by atoms with Gasteiger partial charge >= 0.3 is 0 Å². The van der Waals surface area contributed by atoms with Gasteiger partial charge in [0.15, 0.2) is 0 Å². The number of hydrogen-bond acceptors (Lipinski definition) is 2. The molecule has 2 heterocycles. The standard InChI is InChI=1S/C22H23NO2/c24-21(11-10-18-6-2-1-3-7-18)23-16-14-22(15-17-23)13-12-19-8-4-5-9-20(19)25-22/h1-11H,12-17H2. The highest BCUT2D eigenvalue weighted by Crippen LogP contribution is 2.39. The molecule has 3 heteroatoms. The summed E-state index contributed by atoms with van der Waals surface area (Å²) in [6.45, 7) is 1.53. The number of piperidine rings is 1. The first kappa shape index (κ1) is 15.9. The van der Waals surface area contributed by atoms with E-state index in [9.17, 15) is 4.79 Å². The average Bonchev–Trinajstić information content (AvgIpc) is 2.67. The molecule has 2 aromatic carbocycles. The number of ether oxygens (including phenoxy) is 1. The zero-order valence-corrected chi connectivity index (χ0v) is 14.4. The average molecular weight is 333 g/mol. The van der Waals surface area contributed by atoms with E-state index in [2.05, 4.69) is 18.2 Å². The van der Waals surface area contributed by atoms with Gasteiger partial charge in [-0.25, -0.2) is 0 Å². The Labute approximate surface area is 148 Å². The third-order valence-corrected chi connectivity index (χ3v) is 5.35. The monoisotopic (exact) mass is 333 g/mol. The molecule has 1 spiro atoms. The minimum absolute atomic E-state index is 0.0890. The van der Waals surface area contributed by atoms with Crippen LogP contribution in [0.25, 0.3) is 6.08 Å². The zero-order valence-electron chi connectivity index (χ0n) is 14.4. The molecule has 1 fully saturated rings. The molecular formula is C22H23NO2. The largest absolute Gasteiger partial charge is 0.487 e. The Bertz CT molecular complexity index is 774. The second-order valence-electron chi connectivity index (χ2n) is 6.96. The molecule has 1 saturated heterocycles. The Kier molecular flexibility index (Phi) is 4.31. The maximum Gasteiger partial charge on any atom is 0.246 e. The fraction of sp³-hybridized carbons (Fsp3) is 0.318. The number of benzene rings is 2. The molecule has 0 unspecified atom stereocenters. The van der Waals surface area contributed by atoms with Gasteiger partial charge in [-0.15, -0.1) is 0 Å². The number of hydrogen-bond donors (Lipinski definition) is 0. The van der Waals surface area contributed by atoms with E-state index in [1.54, 1.807) is 6.08 Å². The molecule has 1 amide bonds. The van der Waals surface area contributed by atoms with Crippen LogP contribution >= 0.6 is 0 Å². The van der Waals surface area contributed by atoms with Crippen molar-refractivity contribution in [1.82, 2.24) is 4.90 Å². The smallest absolute Gasteiger partial charge is 0.246 e. The van der Waals surface area contributed by atoms with E-state index in [4.69, 9.17) is 4.74 Å². The van der Waals surface area contributed by atoms with Crippen molar-refractivity contribution in [3.8, 4) is 5.75 Å². The van der Waals surface area contributed by atoms with Gasteiger partial charge in [0.05, 0.1) is 0 Å². The molecule has 0 aliphatic carbocycles. The van der Waals surface area contributed by atoms with Crippen LogP contribution in [-0.4, -0.2) is 29.5 Å². The maximum absolute atomic E-state index is 12.4. The number of para-hydroxylation sites is 1. The number of aryl methyl sites for hydroxylation is 1. The van der Waals surface area contributed by atoms with Gasteiger partial charge in [0.1, 0.15) is 11.4 Å². The molecule has 0 bridgehead atoms. The molecule has 0 saturated carbocycles. The van der Waals surface area contributed by atoms with Gasteiger partial charge in [0, 0.05) is 32.0 Å². The Morgan fingerprint density at radius 1 is 0.960 bits per heavy atom. The van der Waals surface area contributed by atoms with Crippen LogP contribution in [-0.2, 0) is 11.2 Å². The lowest BCUT2D eigenvalue weighted by molar-refractivity contribution is -0.129. The Hall–Kier alpha value is -2.55. The number of carbonyl (C=O) groups excluding carboxylic acids is 1. The summed E-state index contributed by atoms with van der Waals surface area (Å²) in [6.07, 6.45) is 7.51. The molecule has 0 atom stereocenters. The second kappa shape index (κ2) is 6.75. The topological polar surface area (TPSA) is 29.5 Å². The van der Waals surface area contributed by atoms with E-state index >= 15 is 0 Å². The highest BCUT2D eigenvalue weighted by atomic mass is 16.5. The third kappa shape index (κ3) is 3.46.